The number of fused-ring (bicyclic) bond motifs is 5. The van der Waals surface area contributed by atoms with Gasteiger partial charge in [0.2, 0.25) is 0 Å². The number of phenolic OH excluding ortho intramolecular Hbond substituents is 1. The Balaban J connectivity index is 0.854. The van der Waals surface area contributed by atoms with Crippen LogP contribution >= 0.6 is 0 Å². The van der Waals surface area contributed by atoms with E-state index in [1.807, 2.05) is 78.9 Å². The fourth-order valence-corrected chi connectivity index (χ4v) is 9.84. The SMILES string of the molecule is CCN(CCOc1ccc(C2(c3ccc(O)c(N4C(=O)c5ccc(Oc6ccc7c(c6)C(=O)NC7=O)cc5C4=O)c3)c3ccccc3-c3ccccc32)cc1)c1ccc(N=Nc2ccc([N+](=O)[O-])cc2)cc1. The third-order valence-corrected chi connectivity index (χ3v) is 13.3. The van der Waals surface area contributed by atoms with Crippen LogP contribution in [-0.2, 0) is 5.41 Å². The topological polar surface area (TPSA) is 193 Å². The van der Waals surface area contributed by atoms with E-state index in [9.17, 15) is 34.4 Å². The van der Waals surface area contributed by atoms with Crippen molar-refractivity contribution in [3.63, 3.8) is 0 Å². The number of benzene rings is 8. The van der Waals surface area contributed by atoms with Crippen LogP contribution in [0.15, 0.2) is 186 Å². The summed E-state index contributed by atoms with van der Waals surface area (Å²) in [5, 5.41) is 33.2. The molecule has 4 amide bonds. The number of carbonyl (C=O) groups excluding carboxylic acids is 4. The number of aromatic hydroxyl groups is 1. The predicted molar refractivity (Wildman–Crippen MR) is 268 cm³/mol. The van der Waals surface area contributed by atoms with Gasteiger partial charge >= 0.3 is 0 Å². The van der Waals surface area contributed by atoms with Crippen molar-refractivity contribution in [1.82, 2.24) is 5.32 Å². The second kappa shape index (κ2) is 18.0. The fourth-order valence-electron chi connectivity index (χ4n) is 9.84. The van der Waals surface area contributed by atoms with Crippen molar-refractivity contribution in [3.8, 4) is 34.1 Å². The number of rotatable bonds is 14. The van der Waals surface area contributed by atoms with E-state index < -0.39 is 34.0 Å². The normalized spacial score (nSPS) is 13.9. The zero-order chi connectivity index (χ0) is 49.7. The summed E-state index contributed by atoms with van der Waals surface area (Å²) in [6.07, 6.45) is 0. The number of hydrogen-bond acceptors (Lipinski definition) is 12. The van der Waals surface area contributed by atoms with Gasteiger partial charge < -0.3 is 19.5 Å². The number of azo groups is 1. The average Bonchev–Trinajstić information content (AvgIpc) is 3.96. The van der Waals surface area contributed by atoms with Gasteiger partial charge in [-0.3, -0.25) is 34.6 Å². The molecular weight excluding hydrogens is 913 g/mol. The predicted octanol–water partition coefficient (Wildman–Crippen LogP) is 11.5. The summed E-state index contributed by atoms with van der Waals surface area (Å²) < 4.78 is 12.4. The lowest BCUT2D eigenvalue weighted by molar-refractivity contribution is -0.384. The number of non-ortho nitro benzene ring substituents is 1. The summed E-state index contributed by atoms with van der Waals surface area (Å²) in [4.78, 5) is 66.6. The first-order chi connectivity index (χ1) is 35.0. The molecule has 72 heavy (non-hydrogen) atoms. The molecule has 15 heteroatoms. The molecule has 0 aromatic heterocycles. The number of phenols is 1. The fraction of sp³-hybridized carbons (Fsp3) is 0.0877. The molecule has 2 aliphatic heterocycles. The standard InChI is InChI=1S/C57H40N6O9/c1-2-61(38-18-14-36(15-19-38)59-60-37-16-20-39(21-17-37)63(69)70)29-30-71-40-22-11-34(12-23-40)57(49-9-5-3-7-43(49)44-8-4-6-10-50(44)57)35-13-28-52(64)51(31-35)62-55(67)46-27-25-42(33-48(46)56(62)68)72-41-24-26-45-47(32-41)54(66)58-53(45)65/h3-28,31-33,64H,2,29-30H2,1H3,(H,58,65,66). The van der Waals surface area contributed by atoms with E-state index >= 15 is 0 Å². The highest BCUT2D eigenvalue weighted by Gasteiger charge is 2.47. The van der Waals surface area contributed by atoms with Gasteiger partial charge in [-0.25, -0.2) is 4.90 Å². The van der Waals surface area contributed by atoms with Crippen LogP contribution in [0.25, 0.3) is 11.1 Å². The molecule has 0 atom stereocenters. The number of anilines is 2. The smallest absolute Gasteiger partial charge is 0.269 e. The van der Waals surface area contributed by atoms with Gasteiger partial charge in [0.25, 0.3) is 29.3 Å². The van der Waals surface area contributed by atoms with Crippen molar-refractivity contribution in [2.24, 2.45) is 10.2 Å². The van der Waals surface area contributed by atoms with Crippen LogP contribution in [0.3, 0.4) is 0 Å². The Morgan fingerprint density at radius 2 is 1.17 bits per heavy atom. The van der Waals surface area contributed by atoms with E-state index in [0.29, 0.717) is 35.8 Å². The van der Waals surface area contributed by atoms with Crippen molar-refractivity contribution in [2.75, 3.05) is 29.5 Å². The van der Waals surface area contributed by atoms with E-state index in [0.717, 1.165) is 44.9 Å². The molecule has 352 valence electrons. The van der Waals surface area contributed by atoms with Crippen molar-refractivity contribution in [2.45, 2.75) is 12.3 Å². The van der Waals surface area contributed by atoms with Crippen LogP contribution in [0.5, 0.6) is 23.0 Å². The second-order valence-electron chi connectivity index (χ2n) is 17.2. The molecule has 15 nitrogen and oxygen atoms in total. The molecule has 3 aliphatic rings. The van der Waals surface area contributed by atoms with E-state index in [2.05, 4.69) is 51.6 Å². The molecule has 0 saturated heterocycles. The first-order valence-corrected chi connectivity index (χ1v) is 23.0. The third kappa shape index (κ3) is 7.65. The maximum absolute atomic E-state index is 14.4. The lowest BCUT2D eigenvalue weighted by Gasteiger charge is -2.34. The molecule has 8 aromatic carbocycles. The number of nitro benzene ring substituents is 1. The van der Waals surface area contributed by atoms with Gasteiger partial charge in [0.05, 0.1) is 56.2 Å². The van der Waals surface area contributed by atoms with Crippen molar-refractivity contribution in [1.29, 1.82) is 0 Å². The molecule has 0 bridgehead atoms. The minimum absolute atomic E-state index is 0.0124. The largest absolute Gasteiger partial charge is 0.506 e. The Morgan fingerprint density at radius 1 is 0.611 bits per heavy atom. The Bertz CT molecular complexity index is 3530. The molecule has 0 fully saturated rings. The van der Waals surface area contributed by atoms with E-state index in [1.165, 1.54) is 42.5 Å². The number of ether oxygens (including phenoxy) is 2. The molecule has 8 aromatic rings. The van der Waals surface area contributed by atoms with Crippen LogP contribution in [0, 0.1) is 10.1 Å². The maximum atomic E-state index is 14.4. The Morgan fingerprint density at radius 3 is 1.81 bits per heavy atom. The number of nitro groups is 1. The van der Waals surface area contributed by atoms with Crippen molar-refractivity contribution < 1.29 is 38.7 Å². The summed E-state index contributed by atoms with van der Waals surface area (Å²) in [6, 6.07) is 51.7. The number of likely N-dealkylation sites (N-methyl/N-ethyl adjacent to an activating group) is 1. The highest BCUT2D eigenvalue weighted by Crippen LogP contribution is 2.57. The quantitative estimate of drug-likeness (QED) is 0.0458. The zero-order valence-electron chi connectivity index (χ0n) is 38.3. The van der Waals surface area contributed by atoms with Gasteiger partial charge in [-0.1, -0.05) is 66.7 Å². The van der Waals surface area contributed by atoms with Gasteiger partial charge in [-0.15, -0.1) is 0 Å². The number of hydrogen-bond donors (Lipinski definition) is 2. The number of imide groups is 2. The lowest BCUT2D eigenvalue weighted by Crippen LogP contribution is -2.32. The third-order valence-electron chi connectivity index (χ3n) is 13.3. The van der Waals surface area contributed by atoms with Crippen LogP contribution in [0.4, 0.5) is 28.4 Å². The maximum Gasteiger partial charge on any atom is 0.269 e. The van der Waals surface area contributed by atoms with E-state index in [-0.39, 0.29) is 50.9 Å². The number of carbonyl (C=O) groups is 4. The Hall–Kier alpha value is -9.76. The molecular formula is C57H40N6O9. The summed E-state index contributed by atoms with van der Waals surface area (Å²) in [6.45, 7) is 3.76. The highest BCUT2D eigenvalue weighted by atomic mass is 16.6. The molecule has 0 saturated carbocycles. The highest BCUT2D eigenvalue weighted by molar-refractivity contribution is 6.35. The van der Waals surface area contributed by atoms with Crippen LogP contribution in [0.2, 0.25) is 0 Å². The summed E-state index contributed by atoms with van der Waals surface area (Å²) in [5.74, 6) is -1.44. The second-order valence-corrected chi connectivity index (χ2v) is 17.2. The van der Waals surface area contributed by atoms with E-state index in [4.69, 9.17) is 9.47 Å². The van der Waals surface area contributed by atoms with Gasteiger partial charge in [-0.2, -0.15) is 10.2 Å². The Labute approximate surface area is 411 Å². The molecule has 0 radical (unpaired) electrons. The minimum atomic E-state index is -0.961. The van der Waals surface area contributed by atoms with Crippen LogP contribution < -0.4 is 24.6 Å². The van der Waals surface area contributed by atoms with Gasteiger partial charge in [-0.05, 0) is 137 Å². The minimum Gasteiger partial charge on any atom is -0.506 e. The summed E-state index contributed by atoms with van der Waals surface area (Å²) in [7, 11) is 0. The molecule has 2 N–H and O–H groups in total. The molecule has 11 rings (SSSR count). The van der Waals surface area contributed by atoms with Gasteiger partial charge in [0, 0.05) is 24.4 Å². The molecule has 1 aliphatic carbocycles. The average molecular weight is 953 g/mol. The summed E-state index contributed by atoms with van der Waals surface area (Å²) >= 11 is 0. The number of amides is 4. The van der Waals surface area contributed by atoms with Gasteiger partial charge in [0.15, 0.2) is 0 Å². The molecule has 2 heterocycles. The molecule has 0 spiro atoms. The van der Waals surface area contributed by atoms with Crippen LogP contribution in [0.1, 0.15) is 70.6 Å². The van der Waals surface area contributed by atoms with E-state index in [1.54, 1.807) is 30.3 Å². The van der Waals surface area contributed by atoms with Crippen molar-refractivity contribution in [3.05, 3.63) is 231 Å². The first kappa shape index (κ1) is 44.7. The number of nitrogens with one attached hydrogen (secondary N) is 1. The van der Waals surface area contributed by atoms with Crippen LogP contribution in [-0.4, -0.2) is 53.4 Å². The zero-order valence-corrected chi connectivity index (χ0v) is 38.3. The molecule has 0 unspecified atom stereocenters. The first-order valence-electron chi connectivity index (χ1n) is 23.0. The lowest BCUT2D eigenvalue weighted by atomic mass is 9.67. The van der Waals surface area contributed by atoms with Gasteiger partial charge in [0.1, 0.15) is 29.6 Å². The Kier molecular flexibility index (Phi) is 11.2. The monoisotopic (exact) mass is 952 g/mol. The summed E-state index contributed by atoms with van der Waals surface area (Å²) in [5.41, 5.74) is 7.34. The van der Waals surface area contributed by atoms with Crippen molar-refractivity contribution >= 4 is 52.1 Å². The number of nitrogens with zero attached hydrogens (tertiary/aromatic N) is 5.